The first kappa shape index (κ1) is 9.21. The molecular formula is C11H13FN2. The van der Waals surface area contributed by atoms with E-state index < -0.39 is 0 Å². The molecule has 0 aliphatic carbocycles. The van der Waals surface area contributed by atoms with Crippen molar-refractivity contribution >= 4 is 10.9 Å². The molecule has 14 heavy (non-hydrogen) atoms. The Balaban J connectivity index is 2.32. The number of nitrogens with one attached hydrogen (secondary N) is 2. The van der Waals surface area contributed by atoms with Crippen LogP contribution >= 0.6 is 0 Å². The van der Waals surface area contributed by atoms with Crippen LogP contribution in [0.4, 0.5) is 4.39 Å². The first-order valence-electron chi connectivity index (χ1n) is 4.77. The molecule has 3 heteroatoms. The SMILES string of the molecule is CCNCc1cc2cc(F)ccc2[nH]1. The summed E-state index contributed by atoms with van der Waals surface area (Å²) in [6, 6.07) is 6.75. The number of benzene rings is 1. The third kappa shape index (κ3) is 1.77. The van der Waals surface area contributed by atoms with Crippen molar-refractivity contribution in [2.45, 2.75) is 13.5 Å². The summed E-state index contributed by atoms with van der Waals surface area (Å²) in [5, 5.41) is 4.14. The van der Waals surface area contributed by atoms with Gasteiger partial charge >= 0.3 is 0 Å². The minimum absolute atomic E-state index is 0.188. The van der Waals surface area contributed by atoms with E-state index in [1.807, 2.05) is 6.07 Å². The lowest BCUT2D eigenvalue weighted by atomic mass is 10.2. The van der Waals surface area contributed by atoms with Crippen molar-refractivity contribution in [3.05, 3.63) is 35.8 Å². The molecule has 0 aliphatic heterocycles. The summed E-state index contributed by atoms with van der Waals surface area (Å²) in [6.45, 7) is 3.79. The van der Waals surface area contributed by atoms with Crippen LogP contribution in [0.2, 0.25) is 0 Å². The van der Waals surface area contributed by atoms with Gasteiger partial charge in [0.1, 0.15) is 5.82 Å². The van der Waals surface area contributed by atoms with E-state index in [4.69, 9.17) is 0 Å². The second-order valence-corrected chi connectivity index (χ2v) is 3.31. The predicted molar refractivity (Wildman–Crippen MR) is 55.6 cm³/mol. The number of aromatic amines is 1. The largest absolute Gasteiger partial charge is 0.357 e. The molecule has 0 bridgehead atoms. The maximum absolute atomic E-state index is 12.9. The Morgan fingerprint density at radius 1 is 1.36 bits per heavy atom. The first-order valence-corrected chi connectivity index (χ1v) is 4.77. The second kappa shape index (κ2) is 3.80. The number of halogens is 1. The molecule has 0 spiro atoms. The highest BCUT2D eigenvalue weighted by atomic mass is 19.1. The lowest BCUT2D eigenvalue weighted by Gasteiger charge is -1.96. The van der Waals surface area contributed by atoms with Gasteiger partial charge in [0.25, 0.3) is 0 Å². The Labute approximate surface area is 82.1 Å². The van der Waals surface area contributed by atoms with Gasteiger partial charge in [-0.3, -0.25) is 0 Å². The van der Waals surface area contributed by atoms with Gasteiger partial charge in [-0.15, -0.1) is 0 Å². The van der Waals surface area contributed by atoms with Crippen LogP contribution in [0.3, 0.4) is 0 Å². The van der Waals surface area contributed by atoms with Crippen LogP contribution in [0.15, 0.2) is 24.3 Å². The number of hydrogen-bond acceptors (Lipinski definition) is 1. The van der Waals surface area contributed by atoms with E-state index in [0.717, 1.165) is 29.7 Å². The van der Waals surface area contributed by atoms with Crippen LogP contribution in [0.1, 0.15) is 12.6 Å². The van der Waals surface area contributed by atoms with Gasteiger partial charge in [-0.2, -0.15) is 0 Å². The third-order valence-corrected chi connectivity index (χ3v) is 2.20. The molecule has 1 heterocycles. The van der Waals surface area contributed by atoms with Crippen molar-refractivity contribution in [1.82, 2.24) is 10.3 Å². The van der Waals surface area contributed by atoms with Gasteiger partial charge in [-0.1, -0.05) is 6.92 Å². The normalized spacial score (nSPS) is 11.0. The first-order chi connectivity index (χ1) is 6.79. The Bertz CT molecular complexity index is 434. The minimum Gasteiger partial charge on any atom is -0.357 e. The molecule has 0 saturated heterocycles. The molecule has 2 aromatic rings. The second-order valence-electron chi connectivity index (χ2n) is 3.31. The molecule has 0 atom stereocenters. The van der Waals surface area contributed by atoms with Crippen molar-refractivity contribution in [2.75, 3.05) is 6.54 Å². The summed E-state index contributed by atoms with van der Waals surface area (Å²) >= 11 is 0. The lowest BCUT2D eigenvalue weighted by Crippen LogP contribution is -2.11. The Morgan fingerprint density at radius 3 is 3.00 bits per heavy atom. The van der Waals surface area contributed by atoms with Crippen LogP contribution in [-0.2, 0) is 6.54 Å². The highest BCUT2D eigenvalue weighted by Gasteiger charge is 2.00. The molecule has 0 unspecified atom stereocenters. The van der Waals surface area contributed by atoms with Crippen LogP contribution in [0.5, 0.6) is 0 Å². The average Bonchev–Trinajstić information content (AvgIpc) is 2.56. The molecule has 1 aromatic carbocycles. The van der Waals surface area contributed by atoms with Crippen molar-refractivity contribution in [3.63, 3.8) is 0 Å². The van der Waals surface area contributed by atoms with E-state index in [0.29, 0.717) is 0 Å². The summed E-state index contributed by atoms with van der Waals surface area (Å²) in [5.41, 5.74) is 2.08. The van der Waals surface area contributed by atoms with Crippen molar-refractivity contribution in [2.24, 2.45) is 0 Å². The zero-order valence-electron chi connectivity index (χ0n) is 8.10. The maximum Gasteiger partial charge on any atom is 0.123 e. The van der Waals surface area contributed by atoms with E-state index in [1.54, 1.807) is 12.1 Å². The average molecular weight is 192 g/mol. The number of rotatable bonds is 3. The predicted octanol–water partition coefficient (Wildman–Crippen LogP) is 2.42. The number of H-pyrrole nitrogens is 1. The monoisotopic (exact) mass is 192 g/mol. The highest BCUT2D eigenvalue weighted by Crippen LogP contribution is 2.16. The maximum atomic E-state index is 12.9. The zero-order valence-corrected chi connectivity index (χ0v) is 8.10. The van der Waals surface area contributed by atoms with Crippen LogP contribution in [0, 0.1) is 5.82 Å². The summed E-state index contributed by atoms with van der Waals surface area (Å²) in [4.78, 5) is 3.23. The van der Waals surface area contributed by atoms with E-state index >= 15 is 0 Å². The summed E-state index contributed by atoms with van der Waals surface area (Å²) < 4.78 is 12.9. The van der Waals surface area contributed by atoms with Crippen molar-refractivity contribution in [1.29, 1.82) is 0 Å². The Morgan fingerprint density at radius 2 is 2.21 bits per heavy atom. The molecule has 0 saturated carbocycles. The zero-order chi connectivity index (χ0) is 9.97. The minimum atomic E-state index is -0.188. The molecule has 1 aromatic heterocycles. The van der Waals surface area contributed by atoms with E-state index in [9.17, 15) is 4.39 Å². The highest BCUT2D eigenvalue weighted by molar-refractivity contribution is 5.80. The molecular weight excluding hydrogens is 179 g/mol. The lowest BCUT2D eigenvalue weighted by molar-refractivity contribution is 0.630. The molecule has 74 valence electrons. The molecule has 0 fully saturated rings. The number of fused-ring (bicyclic) bond motifs is 1. The molecule has 2 nitrogen and oxygen atoms in total. The Hall–Kier alpha value is -1.35. The third-order valence-electron chi connectivity index (χ3n) is 2.20. The summed E-state index contributed by atoms with van der Waals surface area (Å²) in [7, 11) is 0. The van der Waals surface area contributed by atoms with Gasteiger partial charge in [0.2, 0.25) is 0 Å². The molecule has 2 rings (SSSR count). The molecule has 0 radical (unpaired) electrons. The van der Waals surface area contributed by atoms with Crippen molar-refractivity contribution < 1.29 is 4.39 Å². The number of hydrogen-bond donors (Lipinski definition) is 2. The number of aromatic nitrogens is 1. The van der Waals surface area contributed by atoms with Gasteiger partial charge in [-0.25, -0.2) is 4.39 Å². The molecule has 0 aliphatic rings. The quantitative estimate of drug-likeness (QED) is 0.768. The van der Waals surface area contributed by atoms with Gasteiger partial charge in [0.05, 0.1) is 0 Å². The van der Waals surface area contributed by atoms with Crippen molar-refractivity contribution in [3.8, 4) is 0 Å². The van der Waals surface area contributed by atoms with Gasteiger partial charge < -0.3 is 10.3 Å². The van der Waals surface area contributed by atoms with Gasteiger partial charge in [-0.05, 0) is 30.8 Å². The fraction of sp³-hybridized carbons (Fsp3) is 0.273. The molecule has 2 N–H and O–H groups in total. The van der Waals surface area contributed by atoms with Gasteiger partial charge in [0, 0.05) is 23.1 Å². The van der Waals surface area contributed by atoms with E-state index in [1.165, 1.54) is 6.07 Å². The molecule has 0 amide bonds. The van der Waals surface area contributed by atoms with E-state index in [2.05, 4.69) is 17.2 Å². The standard InChI is InChI=1S/C11H13FN2/c1-2-13-7-10-6-8-5-9(12)3-4-11(8)14-10/h3-6,13-14H,2,7H2,1H3. The van der Waals surface area contributed by atoms with Crippen LogP contribution in [0.25, 0.3) is 10.9 Å². The summed E-state index contributed by atoms with van der Waals surface area (Å²) in [6.07, 6.45) is 0. The summed E-state index contributed by atoms with van der Waals surface area (Å²) in [5.74, 6) is -0.188. The van der Waals surface area contributed by atoms with Gasteiger partial charge in [0.15, 0.2) is 0 Å². The fourth-order valence-corrected chi connectivity index (χ4v) is 1.52. The van der Waals surface area contributed by atoms with Crippen LogP contribution in [-0.4, -0.2) is 11.5 Å². The fourth-order valence-electron chi connectivity index (χ4n) is 1.52. The van der Waals surface area contributed by atoms with Crippen LogP contribution < -0.4 is 5.32 Å². The topological polar surface area (TPSA) is 27.8 Å². The smallest absolute Gasteiger partial charge is 0.123 e. The Kier molecular flexibility index (Phi) is 2.50. The van der Waals surface area contributed by atoms with E-state index in [-0.39, 0.29) is 5.82 Å².